The lowest BCUT2D eigenvalue weighted by molar-refractivity contribution is -0.163. The third kappa shape index (κ3) is 24.5. The fraction of sp³-hybridized carbons (Fsp3) is 0.821. The molecule has 0 aromatic carbocycles. The second-order valence-electron chi connectivity index (χ2n) is 18.3. The van der Waals surface area contributed by atoms with Crippen LogP contribution >= 0.6 is 0 Å². The van der Waals surface area contributed by atoms with Crippen LogP contribution in [0.5, 0.6) is 0 Å². The number of nitrogens with one attached hydrogen (secondary N) is 1. The van der Waals surface area contributed by atoms with Gasteiger partial charge in [-0.3, -0.25) is 48.4 Å². The summed E-state index contributed by atoms with van der Waals surface area (Å²) in [6.07, 6.45) is -1.30. The molecule has 0 spiro atoms. The maximum atomic E-state index is 13.9. The molecule has 1 heterocycles. The molecule has 0 aliphatic carbocycles. The highest BCUT2D eigenvalue weighted by molar-refractivity contribution is 5.87. The average Bonchev–Trinajstić information content (AvgIpc) is 2.97. The van der Waals surface area contributed by atoms with E-state index >= 15 is 0 Å². The number of aliphatic carboxylic acids is 2. The second kappa shape index (κ2) is 22.3. The molecular formula is C39H69N5O13. The number of hydrogen-bond donors (Lipinski definition) is 3. The molecule has 3 N–H and O–H groups in total. The number of carboxylic acids is 2. The molecule has 18 heteroatoms. The van der Waals surface area contributed by atoms with Crippen LogP contribution in [0, 0.1) is 0 Å². The van der Waals surface area contributed by atoms with Crippen molar-refractivity contribution in [3.05, 3.63) is 0 Å². The number of carbonyl (C=O) groups is 7. The Balaban J connectivity index is 3.62. The predicted molar refractivity (Wildman–Crippen MR) is 209 cm³/mol. The molecule has 328 valence electrons. The molecule has 1 amide bonds. The first-order valence-corrected chi connectivity index (χ1v) is 19.4. The Labute approximate surface area is 337 Å². The highest BCUT2D eigenvalue weighted by Crippen LogP contribution is 2.18. The summed E-state index contributed by atoms with van der Waals surface area (Å²) < 4.78 is 22.6. The topological polar surface area (TPSA) is 222 Å². The largest absolute Gasteiger partial charge is 0.481 e. The van der Waals surface area contributed by atoms with E-state index in [-0.39, 0.29) is 58.7 Å². The highest BCUT2D eigenvalue weighted by atomic mass is 16.6. The molecule has 57 heavy (non-hydrogen) atoms. The molecule has 0 saturated carbocycles. The van der Waals surface area contributed by atoms with Crippen LogP contribution in [0.3, 0.4) is 0 Å². The van der Waals surface area contributed by atoms with Crippen molar-refractivity contribution in [3.63, 3.8) is 0 Å². The van der Waals surface area contributed by atoms with Crippen molar-refractivity contribution >= 4 is 41.7 Å². The summed E-state index contributed by atoms with van der Waals surface area (Å²) in [5.41, 5.74) is -3.12. The molecule has 1 saturated heterocycles. The molecule has 0 radical (unpaired) electrons. The first kappa shape index (κ1) is 51.1. The summed E-state index contributed by atoms with van der Waals surface area (Å²) >= 11 is 0. The molecular weight excluding hydrogens is 746 g/mol. The van der Waals surface area contributed by atoms with Crippen LogP contribution in [0.1, 0.15) is 102 Å². The van der Waals surface area contributed by atoms with Crippen LogP contribution < -0.4 is 5.32 Å². The molecule has 18 nitrogen and oxygen atoms in total. The minimum absolute atomic E-state index is 0.0397. The van der Waals surface area contributed by atoms with Gasteiger partial charge >= 0.3 is 35.8 Å². The summed E-state index contributed by atoms with van der Waals surface area (Å²) in [7, 11) is 0. The Hall–Kier alpha value is -3.87. The van der Waals surface area contributed by atoms with Crippen molar-refractivity contribution in [2.75, 3.05) is 72.0 Å². The van der Waals surface area contributed by atoms with Crippen molar-refractivity contribution in [1.29, 1.82) is 0 Å². The van der Waals surface area contributed by atoms with Gasteiger partial charge in [-0.05, 0) is 89.5 Å². The fourth-order valence-corrected chi connectivity index (χ4v) is 5.74. The van der Waals surface area contributed by atoms with Gasteiger partial charge in [-0.25, -0.2) is 4.79 Å². The number of ether oxygens (including phenoxy) is 4. The number of nitrogens with zero attached hydrogens (tertiary/aromatic N) is 4. The number of carboxylic acid groups (broad SMARTS) is 2. The van der Waals surface area contributed by atoms with E-state index in [1.54, 1.807) is 88.0 Å². The first-order valence-electron chi connectivity index (χ1n) is 19.4. The first-order chi connectivity index (χ1) is 25.9. The normalized spacial score (nSPS) is 17.5. The Morgan fingerprint density at radius 2 is 0.877 bits per heavy atom. The van der Waals surface area contributed by atoms with Crippen molar-refractivity contribution in [2.24, 2.45) is 0 Å². The van der Waals surface area contributed by atoms with Gasteiger partial charge in [0.05, 0.1) is 26.1 Å². The average molecular weight is 816 g/mol. The van der Waals surface area contributed by atoms with E-state index in [0.29, 0.717) is 26.2 Å². The lowest BCUT2D eigenvalue weighted by atomic mass is 10.1. The number of rotatable bonds is 15. The zero-order chi connectivity index (χ0) is 43.9. The quantitative estimate of drug-likeness (QED) is 0.158. The van der Waals surface area contributed by atoms with Gasteiger partial charge in [-0.1, -0.05) is 0 Å². The van der Waals surface area contributed by atoms with Gasteiger partial charge in [-0.2, -0.15) is 0 Å². The standard InChI is InChI=1S/C39H69N5O13/c1-36(2,3)54-31(48)24-41-15-17-42(25-32(49)55-37(4,5)6)19-21-44(22-20-43(18-16-41)26-33(50)56-38(7,8)9)28(35(53)57-39(10,11)12)13-14-29(45)40-27(34(51)52)23-30(46)47/h27-28H,13-26H2,1-12H3,(H,40,45)(H,46,47)(H,51,52). The molecule has 1 rings (SSSR count). The number of esters is 4. The minimum Gasteiger partial charge on any atom is -0.481 e. The van der Waals surface area contributed by atoms with Crippen molar-refractivity contribution in [3.8, 4) is 0 Å². The van der Waals surface area contributed by atoms with Gasteiger partial charge < -0.3 is 34.5 Å². The van der Waals surface area contributed by atoms with Gasteiger partial charge in [0, 0.05) is 58.8 Å². The van der Waals surface area contributed by atoms with Crippen molar-refractivity contribution < 1.29 is 62.7 Å². The van der Waals surface area contributed by atoms with Crippen LogP contribution in [0.2, 0.25) is 0 Å². The van der Waals surface area contributed by atoms with Crippen LogP contribution in [-0.4, -0.2) is 178 Å². The van der Waals surface area contributed by atoms with E-state index < -0.39 is 82.6 Å². The van der Waals surface area contributed by atoms with E-state index in [9.17, 15) is 38.7 Å². The Morgan fingerprint density at radius 1 is 0.544 bits per heavy atom. The molecule has 1 aliphatic heterocycles. The minimum atomic E-state index is -1.67. The Bertz CT molecular complexity index is 1330. The highest BCUT2D eigenvalue weighted by Gasteiger charge is 2.34. The lowest BCUT2D eigenvalue weighted by Gasteiger charge is -2.37. The fourth-order valence-electron chi connectivity index (χ4n) is 5.74. The van der Waals surface area contributed by atoms with Crippen LogP contribution in [0.4, 0.5) is 0 Å². The smallest absolute Gasteiger partial charge is 0.326 e. The van der Waals surface area contributed by atoms with Gasteiger partial charge in [0.1, 0.15) is 34.5 Å². The third-order valence-corrected chi connectivity index (χ3v) is 7.97. The third-order valence-electron chi connectivity index (χ3n) is 7.97. The number of hydrogen-bond acceptors (Lipinski definition) is 15. The predicted octanol–water partition coefficient (Wildman–Crippen LogP) is 1.77. The molecule has 0 aromatic heterocycles. The van der Waals surface area contributed by atoms with E-state index in [0.717, 1.165) is 0 Å². The number of carbonyl (C=O) groups excluding carboxylic acids is 5. The summed E-state index contributed by atoms with van der Waals surface area (Å²) in [6, 6.07) is -2.72. The second-order valence-corrected chi connectivity index (χ2v) is 18.3. The van der Waals surface area contributed by atoms with Gasteiger partial charge in [-0.15, -0.1) is 0 Å². The summed E-state index contributed by atoms with van der Waals surface area (Å²) in [5, 5.41) is 20.8. The molecule has 1 aliphatic rings. The SMILES string of the molecule is CC(C)(C)OC(=O)CN1CCN(CC(=O)OC(C)(C)C)CCN(C(CCC(=O)NC(CC(=O)O)C(=O)O)C(=O)OC(C)(C)C)CCN(CC(=O)OC(C)(C)C)CC1. The maximum Gasteiger partial charge on any atom is 0.326 e. The van der Waals surface area contributed by atoms with Gasteiger partial charge in [0.2, 0.25) is 5.91 Å². The van der Waals surface area contributed by atoms with Crippen LogP contribution in [0.25, 0.3) is 0 Å². The maximum absolute atomic E-state index is 13.9. The van der Waals surface area contributed by atoms with Gasteiger partial charge in [0.15, 0.2) is 0 Å². The molecule has 2 unspecified atom stereocenters. The molecule has 0 aromatic rings. The Morgan fingerprint density at radius 3 is 1.18 bits per heavy atom. The van der Waals surface area contributed by atoms with Crippen molar-refractivity contribution in [2.45, 2.75) is 137 Å². The monoisotopic (exact) mass is 815 g/mol. The van der Waals surface area contributed by atoms with Gasteiger partial charge in [0.25, 0.3) is 0 Å². The summed E-state index contributed by atoms with van der Waals surface area (Å²) in [5.74, 6) is -5.72. The van der Waals surface area contributed by atoms with Crippen LogP contribution in [-0.2, 0) is 52.5 Å². The van der Waals surface area contributed by atoms with Crippen LogP contribution in [0.15, 0.2) is 0 Å². The Kier molecular flexibility index (Phi) is 20.0. The zero-order valence-corrected chi connectivity index (χ0v) is 36.2. The molecule has 1 fully saturated rings. The summed E-state index contributed by atoms with van der Waals surface area (Å²) in [4.78, 5) is 96.4. The summed E-state index contributed by atoms with van der Waals surface area (Å²) in [6.45, 7) is 22.8. The van der Waals surface area contributed by atoms with E-state index in [2.05, 4.69) is 5.32 Å². The van der Waals surface area contributed by atoms with E-state index in [1.807, 2.05) is 14.7 Å². The molecule has 2 atom stereocenters. The van der Waals surface area contributed by atoms with E-state index in [4.69, 9.17) is 24.1 Å². The van der Waals surface area contributed by atoms with Crippen molar-refractivity contribution in [1.82, 2.24) is 24.9 Å². The lowest BCUT2D eigenvalue weighted by Crippen LogP contribution is -2.53. The molecule has 0 bridgehead atoms. The zero-order valence-electron chi connectivity index (χ0n) is 36.2. The number of amides is 1. The van der Waals surface area contributed by atoms with E-state index in [1.165, 1.54) is 0 Å².